The number of nitrogens with two attached hydrogens (primary N) is 1. The fourth-order valence-electron chi connectivity index (χ4n) is 3.59. The first-order valence-corrected chi connectivity index (χ1v) is 10.4. The van der Waals surface area contributed by atoms with Crippen LogP contribution in [0.5, 0.6) is 0 Å². The molecule has 1 atom stereocenters. The maximum absolute atomic E-state index is 14.6. The summed E-state index contributed by atoms with van der Waals surface area (Å²) in [6, 6.07) is 9.53. The molecule has 0 saturated heterocycles. The molecule has 5 rings (SSSR count). The molecule has 0 spiro atoms. The average Bonchev–Trinajstić information content (AvgIpc) is 3.56. The van der Waals surface area contributed by atoms with Crippen molar-refractivity contribution >= 4 is 11.7 Å². The molecule has 1 amide bonds. The molecule has 1 aromatic carbocycles. The van der Waals surface area contributed by atoms with Crippen LogP contribution in [0.1, 0.15) is 12.0 Å². The second-order valence-electron chi connectivity index (χ2n) is 7.66. The number of carbonyl (C=O) groups is 1. The molecule has 4 N–H and O–H groups in total. The van der Waals surface area contributed by atoms with Crippen molar-refractivity contribution in [3.63, 3.8) is 0 Å². The summed E-state index contributed by atoms with van der Waals surface area (Å²) in [5.74, 6) is -1.98. The summed E-state index contributed by atoms with van der Waals surface area (Å²) in [6.45, 7) is 0.0853. The van der Waals surface area contributed by atoms with Crippen LogP contribution in [-0.2, 0) is 11.3 Å². The van der Waals surface area contributed by atoms with Gasteiger partial charge in [0.1, 0.15) is 29.7 Å². The van der Waals surface area contributed by atoms with Crippen molar-refractivity contribution < 1.29 is 23.2 Å². The highest BCUT2D eigenvalue weighted by Crippen LogP contribution is 2.28. The molecule has 0 saturated carbocycles. The summed E-state index contributed by atoms with van der Waals surface area (Å²) in [7, 11) is 0. The molecule has 4 aromatic rings. The van der Waals surface area contributed by atoms with Gasteiger partial charge in [-0.25, -0.2) is 18.7 Å². The molecule has 1 aliphatic rings. The van der Waals surface area contributed by atoms with Crippen molar-refractivity contribution in [3.8, 4) is 22.9 Å². The second kappa shape index (κ2) is 9.04. The highest BCUT2D eigenvalue weighted by molar-refractivity contribution is 5.77. The van der Waals surface area contributed by atoms with E-state index in [4.69, 9.17) is 10.3 Å². The fourth-order valence-corrected chi connectivity index (χ4v) is 3.59. The first-order valence-electron chi connectivity index (χ1n) is 10.4. The smallest absolute Gasteiger partial charge is 0.221 e. The number of hydrogen-bond donors (Lipinski definition) is 3. The van der Waals surface area contributed by atoms with E-state index in [2.05, 4.69) is 25.6 Å². The van der Waals surface area contributed by atoms with Crippen molar-refractivity contribution in [2.45, 2.75) is 19.2 Å². The number of halogens is 2. The summed E-state index contributed by atoms with van der Waals surface area (Å²) < 4.78 is 35.3. The number of hydrogen-bond acceptors (Lipinski definition) is 9. The van der Waals surface area contributed by atoms with Gasteiger partial charge in [0.2, 0.25) is 5.91 Å². The third-order valence-corrected chi connectivity index (χ3v) is 5.23. The molecular formula is C22H18F2N8O3. The van der Waals surface area contributed by atoms with Crippen LogP contribution in [0.4, 0.5) is 14.6 Å². The molecule has 0 aliphatic carbocycles. The van der Waals surface area contributed by atoms with Crippen molar-refractivity contribution in [1.82, 2.24) is 30.3 Å². The van der Waals surface area contributed by atoms with Crippen LogP contribution in [0.15, 0.2) is 65.2 Å². The summed E-state index contributed by atoms with van der Waals surface area (Å²) in [4.78, 5) is 19.5. The number of benzene rings is 1. The van der Waals surface area contributed by atoms with Crippen LogP contribution in [0.3, 0.4) is 0 Å². The largest absolute Gasteiger partial charge is 0.373 e. The number of aliphatic hydroxyl groups is 1. The van der Waals surface area contributed by atoms with E-state index in [1.165, 1.54) is 23.2 Å². The van der Waals surface area contributed by atoms with E-state index >= 15 is 0 Å². The van der Waals surface area contributed by atoms with Crippen LogP contribution < -0.4 is 16.2 Å². The molecule has 4 heterocycles. The number of aromatic nitrogens is 5. The third kappa shape index (κ3) is 4.49. The third-order valence-electron chi connectivity index (χ3n) is 5.23. The highest BCUT2D eigenvalue weighted by Gasteiger charge is 2.27. The van der Waals surface area contributed by atoms with Crippen molar-refractivity contribution in [1.29, 1.82) is 0 Å². The Balaban J connectivity index is 1.53. The van der Waals surface area contributed by atoms with E-state index in [0.29, 0.717) is 17.0 Å². The zero-order chi connectivity index (χ0) is 24.5. The molecular weight excluding hydrogens is 462 g/mol. The normalized spacial score (nSPS) is 15.5. The van der Waals surface area contributed by atoms with E-state index in [9.17, 15) is 18.7 Å². The SMILES string of the molecule is NC(=O)CC1=CN(c2nc(-c3cc(-c4ccon4)n(Cc4ccccc4F)n3)ncc2F)NC1O. The quantitative estimate of drug-likeness (QED) is 0.360. The van der Waals surface area contributed by atoms with Gasteiger partial charge in [-0.3, -0.25) is 14.5 Å². The van der Waals surface area contributed by atoms with Crippen molar-refractivity contribution in [2.75, 3.05) is 5.01 Å². The molecule has 35 heavy (non-hydrogen) atoms. The first kappa shape index (κ1) is 22.3. The van der Waals surface area contributed by atoms with Gasteiger partial charge in [0.15, 0.2) is 17.5 Å². The van der Waals surface area contributed by atoms with Gasteiger partial charge in [0, 0.05) is 23.4 Å². The number of carbonyl (C=O) groups excluding carboxylic acids is 1. The number of primary amides is 1. The number of nitrogens with one attached hydrogen (secondary N) is 1. The Hall–Kier alpha value is -4.49. The van der Waals surface area contributed by atoms with E-state index < -0.39 is 23.8 Å². The monoisotopic (exact) mass is 480 g/mol. The highest BCUT2D eigenvalue weighted by atomic mass is 19.1. The standard InChI is InChI=1S/C22H18F2N8O3/c23-14-4-2-1-3-12(14)10-31-18(16-5-6-35-30-16)8-17(28-31)20-26-9-15(24)21(27-20)32-11-13(7-19(25)33)22(34)29-32/h1-6,8-9,11,22,29,34H,7,10H2,(H2,25,33). The number of hydrazine groups is 1. The lowest BCUT2D eigenvalue weighted by molar-refractivity contribution is -0.117. The topological polar surface area (TPSA) is 148 Å². The molecule has 11 nitrogen and oxygen atoms in total. The summed E-state index contributed by atoms with van der Waals surface area (Å²) in [6.07, 6.45) is 2.23. The molecule has 0 fully saturated rings. The predicted octanol–water partition coefficient (Wildman–Crippen LogP) is 1.72. The van der Waals surface area contributed by atoms with Gasteiger partial charge in [0.05, 0.1) is 24.9 Å². The van der Waals surface area contributed by atoms with Crippen molar-refractivity contribution in [3.05, 3.63) is 77.8 Å². The number of aliphatic hydroxyl groups excluding tert-OH is 1. The number of nitrogens with zero attached hydrogens (tertiary/aromatic N) is 6. The van der Waals surface area contributed by atoms with Crippen LogP contribution in [0.2, 0.25) is 0 Å². The molecule has 3 aromatic heterocycles. The Kier molecular flexibility index (Phi) is 5.76. The lowest BCUT2D eigenvalue weighted by Crippen LogP contribution is -2.37. The lowest BCUT2D eigenvalue weighted by Gasteiger charge is -2.17. The van der Waals surface area contributed by atoms with Crippen LogP contribution >= 0.6 is 0 Å². The molecule has 0 bridgehead atoms. The number of amides is 1. The maximum Gasteiger partial charge on any atom is 0.221 e. The van der Waals surface area contributed by atoms with Crippen LogP contribution in [0.25, 0.3) is 22.9 Å². The lowest BCUT2D eigenvalue weighted by atomic mass is 10.2. The first-order chi connectivity index (χ1) is 16.9. The van der Waals surface area contributed by atoms with E-state index in [1.54, 1.807) is 30.3 Å². The van der Waals surface area contributed by atoms with Gasteiger partial charge in [-0.2, -0.15) is 10.5 Å². The zero-order valence-electron chi connectivity index (χ0n) is 18.0. The molecule has 1 aliphatic heterocycles. The second-order valence-corrected chi connectivity index (χ2v) is 7.66. The van der Waals surface area contributed by atoms with Crippen LogP contribution in [0, 0.1) is 11.6 Å². The Morgan fingerprint density at radius 1 is 1.20 bits per heavy atom. The van der Waals surface area contributed by atoms with E-state index in [-0.39, 0.29) is 35.9 Å². The number of rotatable bonds is 7. The Morgan fingerprint density at radius 2 is 2.03 bits per heavy atom. The minimum atomic E-state index is -1.24. The molecule has 13 heteroatoms. The zero-order valence-corrected chi connectivity index (χ0v) is 18.0. The Labute approximate surface area is 196 Å². The van der Waals surface area contributed by atoms with Gasteiger partial charge in [-0.1, -0.05) is 23.4 Å². The molecule has 0 radical (unpaired) electrons. The predicted molar refractivity (Wildman–Crippen MR) is 118 cm³/mol. The number of anilines is 1. The summed E-state index contributed by atoms with van der Waals surface area (Å²) in [5.41, 5.74) is 9.65. The van der Waals surface area contributed by atoms with Crippen LogP contribution in [-0.4, -0.2) is 42.1 Å². The minimum Gasteiger partial charge on any atom is -0.373 e. The van der Waals surface area contributed by atoms with Gasteiger partial charge in [-0.15, -0.1) is 0 Å². The van der Waals surface area contributed by atoms with E-state index in [1.807, 2.05) is 0 Å². The van der Waals surface area contributed by atoms with Gasteiger partial charge >= 0.3 is 0 Å². The van der Waals surface area contributed by atoms with Crippen molar-refractivity contribution in [2.24, 2.45) is 5.73 Å². The fraction of sp³-hybridized carbons (Fsp3) is 0.136. The summed E-state index contributed by atoms with van der Waals surface area (Å²) >= 11 is 0. The molecule has 178 valence electrons. The molecule has 1 unspecified atom stereocenters. The summed E-state index contributed by atoms with van der Waals surface area (Å²) in [5, 5.41) is 19.7. The Morgan fingerprint density at radius 3 is 2.77 bits per heavy atom. The Bertz CT molecular complexity index is 1420. The maximum atomic E-state index is 14.6. The van der Waals surface area contributed by atoms with Gasteiger partial charge in [0.25, 0.3) is 0 Å². The van der Waals surface area contributed by atoms with Gasteiger partial charge in [-0.05, 0) is 12.1 Å². The van der Waals surface area contributed by atoms with E-state index in [0.717, 1.165) is 11.2 Å². The van der Waals surface area contributed by atoms with Gasteiger partial charge < -0.3 is 15.4 Å². The minimum absolute atomic E-state index is 0.0615. The average molecular weight is 480 g/mol.